The molecule has 5 heterocycles. The number of carbonyl (C=O) groups is 1. The van der Waals surface area contributed by atoms with E-state index >= 15 is 0 Å². The van der Waals surface area contributed by atoms with Crippen molar-refractivity contribution in [3.8, 4) is 33.2 Å². The standard InChI is InChI=1S/C28H22FN7OS/c29-24-9-8-23(38-24)18-6-3-7-20-25(18)34-27(33-20)26-19-11-21(31-14-22(19)35-36-26)16-10-17(13-30-12-16)32-28(37)15-4-1-2-5-15/h3,6-15H,1-2,4-5H2,(H,32,37)(H,33,34)(H,35,36). The fraction of sp³-hybridized carbons (Fsp3) is 0.179. The average Bonchev–Trinajstić information content (AvgIpc) is 3.74. The smallest absolute Gasteiger partial charge is 0.227 e. The highest BCUT2D eigenvalue weighted by Crippen LogP contribution is 2.35. The number of hydrogen-bond acceptors (Lipinski definition) is 6. The molecule has 1 saturated carbocycles. The van der Waals surface area contributed by atoms with E-state index in [1.54, 1.807) is 24.7 Å². The van der Waals surface area contributed by atoms with E-state index in [1.165, 1.54) is 6.07 Å². The molecule has 0 atom stereocenters. The van der Waals surface area contributed by atoms with Crippen molar-refractivity contribution in [1.29, 1.82) is 0 Å². The molecule has 7 rings (SSSR count). The Labute approximate surface area is 220 Å². The van der Waals surface area contributed by atoms with Crippen LogP contribution >= 0.6 is 11.3 Å². The topological polar surface area (TPSA) is 112 Å². The normalized spacial score (nSPS) is 14.0. The predicted octanol–water partition coefficient (Wildman–Crippen LogP) is 6.56. The van der Waals surface area contributed by atoms with E-state index in [0.717, 1.165) is 75.0 Å². The number of nitrogens with one attached hydrogen (secondary N) is 3. The van der Waals surface area contributed by atoms with Gasteiger partial charge < -0.3 is 10.3 Å². The second-order valence-electron chi connectivity index (χ2n) is 9.51. The summed E-state index contributed by atoms with van der Waals surface area (Å²) in [7, 11) is 0. The first-order valence-corrected chi connectivity index (χ1v) is 13.3. The number of amides is 1. The van der Waals surface area contributed by atoms with Crippen LogP contribution < -0.4 is 5.32 Å². The van der Waals surface area contributed by atoms with Gasteiger partial charge in [0.05, 0.1) is 40.3 Å². The summed E-state index contributed by atoms with van der Waals surface area (Å²) in [5, 5.41) is 11.2. The maximum atomic E-state index is 13.7. The SMILES string of the molecule is O=C(Nc1cncc(-c2cc3c(-c4nc5c(-c6ccc(F)s6)cccc5[nH]4)n[nH]c3cn2)c1)C1CCCC1. The van der Waals surface area contributed by atoms with Crippen molar-refractivity contribution in [2.75, 3.05) is 5.32 Å². The Kier molecular flexibility index (Phi) is 5.47. The average molecular weight is 524 g/mol. The molecule has 0 bridgehead atoms. The van der Waals surface area contributed by atoms with Crippen LogP contribution in [0.3, 0.4) is 0 Å². The van der Waals surface area contributed by atoms with Gasteiger partial charge in [-0.1, -0.05) is 25.0 Å². The summed E-state index contributed by atoms with van der Waals surface area (Å²) >= 11 is 1.09. The van der Waals surface area contributed by atoms with Crippen LogP contribution in [0.4, 0.5) is 10.1 Å². The van der Waals surface area contributed by atoms with E-state index in [0.29, 0.717) is 22.9 Å². The number of benzene rings is 1. The van der Waals surface area contributed by atoms with Gasteiger partial charge in [-0.2, -0.15) is 9.49 Å². The quantitative estimate of drug-likeness (QED) is 0.237. The van der Waals surface area contributed by atoms with Gasteiger partial charge in [0.1, 0.15) is 5.69 Å². The number of rotatable bonds is 5. The summed E-state index contributed by atoms with van der Waals surface area (Å²) in [5.41, 5.74) is 6.03. The fourth-order valence-electron chi connectivity index (χ4n) is 5.14. The second kappa shape index (κ2) is 9.14. The molecule has 1 aliphatic carbocycles. The zero-order valence-electron chi connectivity index (χ0n) is 20.2. The van der Waals surface area contributed by atoms with Gasteiger partial charge in [0, 0.05) is 33.5 Å². The van der Waals surface area contributed by atoms with E-state index in [2.05, 4.69) is 30.5 Å². The molecule has 3 N–H and O–H groups in total. The van der Waals surface area contributed by atoms with Gasteiger partial charge in [-0.3, -0.25) is 19.9 Å². The molecule has 1 aliphatic rings. The zero-order valence-corrected chi connectivity index (χ0v) is 21.0. The zero-order chi connectivity index (χ0) is 25.6. The third-order valence-corrected chi connectivity index (χ3v) is 7.96. The first kappa shape index (κ1) is 22.7. The van der Waals surface area contributed by atoms with Crippen LogP contribution in [0.2, 0.25) is 0 Å². The second-order valence-corrected chi connectivity index (χ2v) is 10.5. The van der Waals surface area contributed by atoms with Gasteiger partial charge in [-0.25, -0.2) is 4.98 Å². The Bertz CT molecular complexity index is 1810. The third kappa shape index (κ3) is 4.03. The highest BCUT2D eigenvalue weighted by atomic mass is 32.1. The number of fused-ring (bicyclic) bond motifs is 2. The van der Waals surface area contributed by atoms with E-state index in [-0.39, 0.29) is 17.0 Å². The van der Waals surface area contributed by atoms with Crippen molar-refractivity contribution in [2.24, 2.45) is 5.92 Å². The number of hydrogen-bond donors (Lipinski definition) is 3. The van der Waals surface area contributed by atoms with E-state index in [1.807, 2.05) is 30.3 Å². The lowest BCUT2D eigenvalue weighted by Gasteiger charge is -2.11. The van der Waals surface area contributed by atoms with Crippen LogP contribution in [0.25, 0.3) is 55.2 Å². The number of aromatic nitrogens is 6. The van der Waals surface area contributed by atoms with Crippen molar-refractivity contribution in [3.05, 3.63) is 66.2 Å². The summed E-state index contributed by atoms with van der Waals surface area (Å²) in [6, 6.07) is 12.9. The predicted molar refractivity (Wildman–Crippen MR) is 146 cm³/mol. The minimum atomic E-state index is -0.234. The lowest BCUT2D eigenvalue weighted by molar-refractivity contribution is -0.119. The number of para-hydroxylation sites is 1. The van der Waals surface area contributed by atoms with Gasteiger partial charge >= 0.3 is 0 Å². The lowest BCUT2D eigenvalue weighted by Crippen LogP contribution is -2.20. The summed E-state index contributed by atoms with van der Waals surface area (Å²) in [4.78, 5) is 30.5. The Balaban J connectivity index is 1.24. The first-order valence-electron chi connectivity index (χ1n) is 12.5. The Morgan fingerprint density at radius 2 is 1.95 bits per heavy atom. The van der Waals surface area contributed by atoms with Crippen molar-refractivity contribution in [2.45, 2.75) is 25.7 Å². The summed E-state index contributed by atoms with van der Waals surface area (Å²) < 4.78 is 13.7. The van der Waals surface area contributed by atoms with Crippen LogP contribution in [0.1, 0.15) is 25.7 Å². The van der Waals surface area contributed by atoms with E-state index in [4.69, 9.17) is 4.98 Å². The molecule has 0 spiro atoms. The minimum absolute atomic E-state index is 0.0523. The van der Waals surface area contributed by atoms with Gasteiger partial charge in [0.2, 0.25) is 5.91 Å². The molecule has 0 aliphatic heterocycles. The lowest BCUT2D eigenvalue weighted by atomic mass is 10.1. The molecular formula is C28H22FN7OS. The number of nitrogens with zero attached hydrogens (tertiary/aromatic N) is 4. The van der Waals surface area contributed by atoms with E-state index in [9.17, 15) is 9.18 Å². The van der Waals surface area contributed by atoms with Crippen molar-refractivity contribution in [3.63, 3.8) is 0 Å². The van der Waals surface area contributed by atoms with Crippen molar-refractivity contribution < 1.29 is 9.18 Å². The number of anilines is 1. The van der Waals surface area contributed by atoms with Crippen molar-refractivity contribution >= 4 is 44.9 Å². The van der Waals surface area contributed by atoms with Crippen molar-refractivity contribution in [1.82, 2.24) is 30.1 Å². The molecular weight excluding hydrogens is 501 g/mol. The minimum Gasteiger partial charge on any atom is -0.337 e. The molecule has 38 heavy (non-hydrogen) atoms. The Morgan fingerprint density at radius 3 is 2.79 bits per heavy atom. The molecule has 8 nitrogen and oxygen atoms in total. The number of pyridine rings is 2. The fourth-order valence-corrected chi connectivity index (χ4v) is 5.89. The number of thiophene rings is 1. The number of halogens is 1. The Morgan fingerprint density at radius 1 is 1.05 bits per heavy atom. The van der Waals surface area contributed by atoms with E-state index < -0.39 is 0 Å². The largest absolute Gasteiger partial charge is 0.337 e. The number of aromatic amines is 2. The number of carbonyl (C=O) groups excluding carboxylic acids is 1. The molecule has 5 aromatic heterocycles. The molecule has 0 saturated heterocycles. The molecule has 10 heteroatoms. The molecule has 6 aromatic rings. The summed E-state index contributed by atoms with van der Waals surface area (Å²) in [6.45, 7) is 0. The van der Waals surface area contributed by atoms with Crippen LogP contribution in [0, 0.1) is 11.0 Å². The molecule has 0 radical (unpaired) electrons. The van der Waals surface area contributed by atoms with Gasteiger partial charge in [0.25, 0.3) is 0 Å². The summed E-state index contributed by atoms with van der Waals surface area (Å²) in [6.07, 6.45) is 9.20. The van der Waals surface area contributed by atoms with Gasteiger partial charge in [-0.05, 0) is 43.2 Å². The van der Waals surface area contributed by atoms with Crippen LogP contribution in [0.5, 0.6) is 0 Å². The van der Waals surface area contributed by atoms with Gasteiger partial charge in [-0.15, -0.1) is 11.3 Å². The monoisotopic (exact) mass is 523 g/mol. The van der Waals surface area contributed by atoms with Gasteiger partial charge in [0.15, 0.2) is 11.0 Å². The third-order valence-electron chi connectivity index (χ3n) is 7.05. The molecule has 188 valence electrons. The van der Waals surface area contributed by atoms with Crippen LogP contribution in [0.15, 0.2) is 61.1 Å². The molecule has 1 fully saturated rings. The maximum Gasteiger partial charge on any atom is 0.227 e. The first-order chi connectivity index (χ1) is 18.6. The van der Waals surface area contributed by atoms with Crippen LogP contribution in [-0.4, -0.2) is 36.0 Å². The number of imidazole rings is 1. The molecule has 1 aromatic carbocycles. The van der Waals surface area contributed by atoms with Crippen LogP contribution in [-0.2, 0) is 4.79 Å². The highest BCUT2D eigenvalue weighted by molar-refractivity contribution is 7.14. The highest BCUT2D eigenvalue weighted by Gasteiger charge is 2.23. The molecule has 0 unspecified atom stereocenters. The maximum absolute atomic E-state index is 13.7. The number of H-pyrrole nitrogens is 2. The Hall–Kier alpha value is -4.44. The summed E-state index contributed by atoms with van der Waals surface area (Å²) in [5.74, 6) is 0.727. The molecule has 1 amide bonds.